The summed E-state index contributed by atoms with van der Waals surface area (Å²) in [5.41, 5.74) is 3.99. The maximum atomic E-state index is 12.1. The number of nitrogens with one attached hydrogen (secondary N) is 2. The van der Waals surface area contributed by atoms with Crippen molar-refractivity contribution in [3.63, 3.8) is 0 Å². The molecule has 2 amide bonds. The standard InChI is InChI=1S/C24H21N3O3/c28-22(14-15-25-23(29)16-17-6-2-1-3-7-17)26-19-12-10-18(11-13-19)24-27-20-8-4-5-9-21(20)30-24/h1-13H,14-16H2,(H,25,29)(H,26,28). The van der Waals surface area contributed by atoms with Gasteiger partial charge in [-0.05, 0) is 42.0 Å². The van der Waals surface area contributed by atoms with Gasteiger partial charge in [-0.25, -0.2) is 4.98 Å². The van der Waals surface area contributed by atoms with Crippen LogP contribution in [0.15, 0.2) is 83.3 Å². The molecule has 6 nitrogen and oxygen atoms in total. The number of hydrogen-bond donors (Lipinski definition) is 2. The summed E-state index contributed by atoms with van der Waals surface area (Å²) in [5.74, 6) is 0.275. The average Bonchev–Trinajstić information content (AvgIpc) is 3.19. The van der Waals surface area contributed by atoms with Gasteiger partial charge in [0.2, 0.25) is 17.7 Å². The van der Waals surface area contributed by atoms with Crippen LogP contribution in [0.1, 0.15) is 12.0 Å². The van der Waals surface area contributed by atoms with Gasteiger partial charge in [0, 0.05) is 24.2 Å². The van der Waals surface area contributed by atoms with Gasteiger partial charge in [0.25, 0.3) is 0 Å². The van der Waals surface area contributed by atoms with E-state index >= 15 is 0 Å². The highest BCUT2D eigenvalue weighted by molar-refractivity contribution is 5.91. The largest absolute Gasteiger partial charge is 0.436 e. The predicted molar refractivity (Wildman–Crippen MR) is 116 cm³/mol. The highest BCUT2D eigenvalue weighted by Crippen LogP contribution is 2.25. The lowest BCUT2D eigenvalue weighted by atomic mass is 10.1. The minimum absolute atomic E-state index is 0.100. The Bertz CT molecular complexity index is 1120. The quantitative estimate of drug-likeness (QED) is 0.488. The van der Waals surface area contributed by atoms with Crippen LogP contribution in [0.3, 0.4) is 0 Å². The van der Waals surface area contributed by atoms with Crippen molar-refractivity contribution >= 4 is 28.6 Å². The lowest BCUT2D eigenvalue weighted by molar-refractivity contribution is -0.120. The zero-order valence-electron chi connectivity index (χ0n) is 16.3. The van der Waals surface area contributed by atoms with Crippen molar-refractivity contribution in [2.24, 2.45) is 0 Å². The molecular weight excluding hydrogens is 378 g/mol. The molecule has 4 rings (SSSR count). The molecular formula is C24H21N3O3. The van der Waals surface area contributed by atoms with Crippen molar-refractivity contribution in [3.8, 4) is 11.5 Å². The van der Waals surface area contributed by atoms with Crippen LogP contribution in [0, 0.1) is 0 Å². The Morgan fingerprint density at radius 2 is 1.57 bits per heavy atom. The molecule has 0 atom stereocenters. The Balaban J connectivity index is 1.26. The van der Waals surface area contributed by atoms with E-state index < -0.39 is 0 Å². The monoisotopic (exact) mass is 399 g/mol. The number of para-hydroxylation sites is 2. The van der Waals surface area contributed by atoms with Gasteiger partial charge < -0.3 is 15.1 Å². The fourth-order valence-electron chi connectivity index (χ4n) is 3.07. The summed E-state index contributed by atoms with van der Waals surface area (Å²) in [5, 5.41) is 5.60. The molecule has 4 aromatic rings. The zero-order valence-corrected chi connectivity index (χ0v) is 16.3. The van der Waals surface area contributed by atoms with Crippen LogP contribution in [0.4, 0.5) is 5.69 Å². The Labute approximate surface area is 173 Å². The van der Waals surface area contributed by atoms with Gasteiger partial charge in [-0.2, -0.15) is 0 Å². The van der Waals surface area contributed by atoms with Crippen molar-refractivity contribution < 1.29 is 14.0 Å². The summed E-state index contributed by atoms with van der Waals surface area (Å²) in [6, 6.07) is 24.4. The molecule has 3 aromatic carbocycles. The Hall–Kier alpha value is -3.93. The van der Waals surface area contributed by atoms with Crippen LogP contribution in [0.25, 0.3) is 22.6 Å². The molecule has 0 fully saturated rings. The number of hydrogen-bond acceptors (Lipinski definition) is 4. The van der Waals surface area contributed by atoms with E-state index in [0.717, 1.165) is 22.2 Å². The SMILES string of the molecule is O=C(Cc1ccccc1)NCCC(=O)Nc1ccc(-c2nc3ccccc3o2)cc1. The molecule has 1 heterocycles. The second-order valence-electron chi connectivity index (χ2n) is 6.87. The molecule has 150 valence electrons. The lowest BCUT2D eigenvalue weighted by Gasteiger charge is -2.07. The van der Waals surface area contributed by atoms with Crippen molar-refractivity contribution in [2.45, 2.75) is 12.8 Å². The number of amides is 2. The molecule has 1 aromatic heterocycles. The van der Waals surface area contributed by atoms with E-state index in [2.05, 4.69) is 15.6 Å². The Morgan fingerprint density at radius 3 is 2.33 bits per heavy atom. The summed E-state index contributed by atoms with van der Waals surface area (Å²) < 4.78 is 5.75. The predicted octanol–water partition coefficient (Wildman–Crippen LogP) is 4.18. The molecule has 0 unspecified atom stereocenters. The first-order valence-corrected chi connectivity index (χ1v) is 9.74. The van der Waals surface area contributed by atoms with Crippen molar-refractivity contribution in [1.29, 1.82) is 0 Å². The zero-order chi connectivity index (χ0) is 20.8. The molecule has 0 aliphatic heterocycles. The van der Waals surface area contributed by atoms with E-state index in [1.807, 2.05) is 66.7 Å². The topological polar surface area (TPSA) is 84.2 Å². The van der Waals surface area contributed by atoms with E-state index in [1.54, 1.807) is 12.1 Å². The van der Waals surface area contributed by atoms with Crippen LogP contribution in [0.2, 0.25) is 0 Å². The molecule has 0 radical (unpaired) electrons. The second-order valence-corrected chi connectivity index (χ2v) is 6.87. The third-order valence-electron chi connectivity index (χ3n) is 4.59. The maximum absolute atomic E-state index is 12.1. The van der Waals surface area contributed by atoms with E-state index in [9.17, 15) is 9.59 Å². The summed E-state index contributed by atoms with van der Waals surface area (Å²) >= 11 is 0. The molecule has 0 bridgehead atoms. The average molecular weight is 399 g/mol. The summed E-state index contributed by atoms with van der Waals surface area (Å²) in [7, 11) is 0. The fraction of sp³-hybridized carbons (Fsp3) is 0.125. The van der Waals surface area contributed by atoms with Crippen LogP contribution in [0.5, 0.6) is 0 Å². The molecule has 0 spiro atoms. The van der Waals surface area contributed by atoms with Crippen molar-refractivity contribution in [1.82, 2.24) is 10.3 Å². The summed E-state index contributed by atoms with van der Waals surface area (Å²) in [6.07, 6.45) is 0.507. The Morgan fingerprint density at radius 1 is 0.833 bits per heavy atom. The first-order chi connectivity index (χ1) is 14.7. The molecule has 30 heavy (non-hydrogen) atoms. The smallest absolute Gasteiger partial charge is 0.227 e. The van der Waals surface area contributed by atoms with Crippen molar-refractivity contribution in [3.05, 3.63) is 84.4 Å². The Kier molecular flexibility index (Phi) is 5.85. The first kappa shape index (κ1) is 19.4. The van der Waals surface area contributed by atoms with Gasteiger partial charge in [0.15, 0.2) is 5.58 Å². The van der Waals surface area contributed by atoms with E-state index in [1.165, 1.54) is 0 Å². The number of anilines is 1. The van der Waals surface area contributed by atoms with Crippen LogP contribution in [-0.2, 0) is 16.0 Å². The molecule has 0 aliphatic rings. The van der Waals surface area contributed by atoms with Gasteiger partial charge >= 0.3 is 0 Å². The van der Waals surface area contributed by atoms with Gasteiger partial charge in [0.05, 0.1) is 6.42 Å². The molecule has 0 saturated heterocycles. The number of oxazole rings is 1. The highest BCUT2D eigenvalue weighted by Gasteiger charge is 2.09. The van der Waals surface area contributed by atoms with E-state index in [4.69, 9.17) is 4.42 Å². The fourth-order valence-corrected chi connectivity index (χ4v) is 3.07. The van der Waals surface area contributed by atoms with Gasteiger partial charge in [-0.15, -0.1) is 0 Å². The highest BCUT2D eigenvalue weighted by atomic mass is 16.3. The summed E-state index contributed by atoms with van der Waals surface area (Å²) in [4.78, 5) is 28.5. The second kappa shape index (κ2) is 9.05. The van der Waals surface area contributed by atoms with Crippen molar-refractivity contribution in [2.75, 3.05) is 11.9 Å². The summed E-state index contributed by atoms with van der Waals surface area (Å²) in [6.45, 7) is 0.290. The number of fused-ring (bicyclic) bond motifs is 1. The minimum Gasteiger partial charge on any atom is -0.436 e. The number of nitrogens with zero attached hydrogens (tertiary/aromatic N) is 1. The van der Waals surface area contributed by atoms with Crippen LogP contribution in [-0.4, -0.2) is 23.3 Å². The van der Waals surface area contributed by atoms with Crippen LogP contribution < -0.4 is 10.6 Å². The van der Waals surface area contributed by atoms with Gasteiger partial charge in [0.1, 0.15) is 5.52 Å². The number of carbonyl (C=O) groups is 2. The first-order valence-electron chi connectivity index (χ1n) is 9.74. The third-order valence-corrected chi connectivity index (χ3v) is 4.59. The molecule has 0 saturated carbocycles. The minimum atomic E-state index is -0.162. The molecule has 2 N–H and O–H groups in total. The number of aromatic nitrogens is 1. The van der Waals surface area contributed by atoms with Gasteiger partial charge in [-0.1, -0.05) is 42.5 Å². The maximum Gasteiger partial charge on any atom is 0.227 e. The molecule has 0 aliphatic carbocycles. The normalized spacial score (nSPS) is 10.7. The van der Waals surface area contributed by atoms with E-state index in [-0.39, 0.29) is 18.2 Å². The van der Waals surface area contributed by atoms with Gasteiger partial charge in [-0.3, -0.25) is 9.59 Å². The molecule has 6 heteroatoms. The number of carbonyl (C=O) groups excluding carboxylic acids is 2. The van der Waals surface area contributed by atoms with Crippen LogP contribution >= 0.6 is 0 Å². The van der Waals surface area contributed by atoms with E-state index in [0.29, 0.717) is 24.5 Å². The lowest BCUT2D eigenvalue weighted by Crippen LogP contribution is -2.28. The number of benzene rings is 3. The third kappa shape index (κ3) is 4.91. The number of rotatable bonds is 7.